The van der Waals surface area contributed by atoms with Gasteiger partial charge in [0.2, 0.25) is 5.88 Å². The average Bonchev–Trinajstić information content (AvgIpc) is 2.96. The molecule has 1 aliphatic rings. The molecular weight excluding hydrogens is 302 g/mol. The van der Waals surface area contributed by atoms with E-state index in [1.807, 2.05) is 0 Å². The Labute approximate surface area is 132 Å². The lowest BCUT2D eigenvalue weighted by Crippen LogP contribution is -2.38. The molecule has 7 heteroatoms. The lowest BCUT2D eigenvalue weighted by atomic mass is 10.1. The first-order chi connectivity index (χ1) is 10.3. The van der Waals surface area contributed by atoms with Crippen LogP contribution in [-0.4, -0.2) is 42.5 Å². The van der Waals surface area contributed by atoms with Gasteiger partial charge in [0.15, 0.2) is 9.84 Å². The summed E-state index contributed by atoms with van der Waals surface area (Å²) in [7, 11) is -3.15. The second-order valence-corrected chi connectivity index (χ2v) is 9.24. The maximum atomic E-state index is 11.7. The Morgan fingerprint density at radius 2 is 2.00 bits per heavy atom. The zero-order chi connectivity index (χ0) is 16.2. The maximum absolute atomic E-state index is 11.7. The van der Waals surface area contributed by atoms with Crippen molar-refractivity contribution in [2.45, 2.75) is 44.3 Å². The van der Waals surface area contributed by atoms with Crippen molar-refractivity contribution in [3.8, 4) is 5.88 Å². The van der Waals surface area contributed by atoms with Crippen molar-refractivity contribution in [1.82, 2.24) is 9.97 Å². The van der Waals surface area contributed by atoms with E-state index in [2.05, 4.69) is 15.3 Å². The van der Waals surface area contributed by atoms with Crippen molar-refractivity contribution < 1.29 is 13.2 Å². The fourth-order valence-electron chi connectivity index (χ4n) is 2.32. The normalized spacial score (nSPS) is 16.7. The summed E-state index contributed by atoms with van der Waals surface area (Å²) in [5, 5.41) is 3.03. The Morgan fingerprint density at radius 1 is 1.32 bits per heavy atom. The maximum Gasteiger partial charge on any atom is 0.234 e. The van der Waals surface area contributed by atoms with E-state index in [4.69, 9.17) is 4.74 Å². The van der Waals surface area contributed by atoms with Gasteiger partial charge in [0, 0.05) is 12.8 Å². The van der Waals surface area contributed by atoms with Crippen molar-refractivity contribution in [1.29, 1.82) is 0 Å². The van der Waals surface area contributed by atoms with Gasteiger partial charge in [-0.3, -0.25) is 4.98 Å². The van der Waals surface area contributed by atoms with E-state index in [1.165, 1.54) is 31.9 Å². The SMILES string of the molecule is CC(C)(CNc1cncc(OCC2CCCC2)n1)S(C)(=O)=O. The minimum absolute atomic E-state index is 0.270. The molecule has 1 heterocycles. The lowest BCUT2D eigenvalue weighted by Gasteiger charge is -2.23. The van der Waals surface area contributed by atoms with E-state index in [1.54, 1.807) is 26.2 Å². The Bertz CT molecular complexity index is 596. The number of anilines is 1. The highest BCUT2D eigenvalue weighted by molar-refractivity contribution is 7.92. The van der Waals surface area contributed by atoms with Crippen LogP contribution in [0.25, 0.3) is 0 Å². The molecule has 0 aromatic carbocycles. The van der Waals surface area contributed by atoms with Gasteiger partial charge in [-0.25, -0.2) is 8.42 Å². The fraction of sp³-hybridized carbons (Fsp3) is 0.733. The molecule has 1 N–H and O–H groups in total. The Kier molecular flexibility index (Phi) is 5.26. The second kappa shape index (κ2) is 6.81. The number of aromatic nitrogens is 2. The molecule has 1 aromatic heterocycles. The van der Waals surface area contributed by atoms with Crippen LogP contribution in [0.15, 0.2) is 12.4 Å². The Balaban J connectivity index is 1.91. The molecule has 6 nitrogen and oxygen atoms in total. The first-order valence-electron chi connectivity index (χ1n) is 7.66. The molecule has 1 aliphatic carbocycles. The number of hydrogen-bond acceptors (Lipinski definition) is 6. The Morgan fingerprint density at radius 3 is 2.64 bits per heavy atom. The minimum atomic E-state index is -3.15. The molecule has 0 unspecified atom stereocenters. The monoisotopic (exact) mass is 327 g/mol. The quantitative estimate of drug-likeness (QED) is 0.827. The number of rotatable bonds is 7. The molecule has 0 radical (unpaired) electrons. The number of hydrogen-bond donors (Lipinski definition) is 1. The fourth-order valence-corrected chi connectivity index (χ4v) is 2.65. The predicted molar refractivity (Wildman–Crippen MR) is 86.9 cm³/mol. The van der Waals surface area contributed by atoms with Crippen LogP contribution in [0.4, 0.5) is 5.82 Å². The highest BCUT2D eigenvalue weighted by Crippen LogP contribution is 2.25. The summed E-state index contributed by atoms with van der Waals surface area (Å²) >= 11 is 0. The van der Waals surface area contributed by atoms with E-state index in [0.29, 0.717) is 24.2 Å². The summed E-state index contributed by atoms with van der Waals surface area (Å²) in [6, 6.07) is 0. The van der Waals surface area contributed by atoms with E-state index in [0.717, 1.165) is 0 Å². The van der Waals surface area contributed by atoms with Crippen molar-refractivity contribution in [2.75, 3.05) is 24.7 Å². The zero-order valence-corrected chi connectivity index (χ0v) is 14.3. The van der Waals surface area contributed by atoms with Gasteiger partial charge in [0.25, 0.3) is 0 Å². The van der Waals surface area contributed by atoms with Crippen molar-refractivity contribution >= 4 is 15.7 Å². The van der Waals surface area contributed by atoms with Crippen LogP contribution in [-0.2, 0) is 9.84 Å². The predicted octanol–water partition coefficient (Wildman–Crippen LogP) is 2.28. The van der Waals surface area contributed by atoms with E-state index < -0.39 is 14.6 Å². The molecule has 0 spiro atoms. The second-order valence-electron chi connectivity index (χ2n) is 6.59. The standard InChI is InChI=1S/C15H25N3O3S/c1-15(2,22(3,19)20)11-17-13-8-16-9-14(18-13)21-10-12-6-4-5-7-12/h8-9,12H,4-7,10-11H2,1-3H3,(H,17,18). The van der Waals surface area contributed by atoms with Gasteiger partial charge in [-0.2, -0.15) is 4.98 Å². The molecule has 0 aliphatic heterocycles. The van der Waals surface area contributed by atoms with Crippen LogP contribution in [0.3, 0.4) is 0 Å². The summed E-state index contributed by atoms with van der Waals surface area (Å²) in [6.45, 7) is 4.31. The van der Waals surface area contributed by atoms with E-state index >= 15 is 0 Å². The van der Waals surface area contributed by atoms with Crippen molar-refractivity contribution in [2.24, 2.45) is 5.92 Å². The van der Waals surface area contributed by atoms with Gasteiger partial charge in [0.05, 0.1) is 23.7 Å². The summed E-state index contributed by atoms with van der Waals surface area (Å²) in [5.41, 5.74) is 0. The molecule has 124 valence electrons. The number of sulfone groups is 1. The molecule has 1 fully saturated rings. The van der Waals surface area contributed by atoms with Crippen LogP contribution in [0.5, 0.6) is 5.88 Å². The molecule has 22 heavy (non-hydrogen) atoms. The summed E-state index contributed by atoms with van der Waals surface area (Å²) in [4.78, 5) is 8.42. The van der Waals surface area contributed by atoms with Gasteiger partial charge in [-0.15, -0.1) is 0 Å². The van der Waals surface area contributed by atoms with Gasteiger partial charge in [0.1, 0.15) is 5.82 Å². The molecule has 0 bridgehead atoms. The number of nitrogens with one attached hydrogen (secondary N) is 1. The van der Waals surface area contributed by atoms with Crippen LogP contribution >= 0.6 is 0 Å². The minimum Gasteiger partial charge on any atom is -0.476 e. The third-order valence-corrected chi connectivity index (χ3v) is 6.40. The van der Waals surface area contributed by atoms with Crippen LogP contribution in [0, 0.1) is 5.92 Å². The molecule has 1 aromatic rings. The van der Waals surface area contributed by atoms with Gasteiger partial charge >= 0.3 is 0 Å². The Hall–Kier alpha value is -1.37. The summed E-state index contributed by atoms with van der Waals surface area (Å²) in [5.74, 6) is 1.62. The molecule has 2 rings (SSSR count). The van der Waals surface area contributed by atoms with Gasteiger partial charge in [-0.1, -0.05) is 12.8 Å². The first-order valence-corrected chi connectivity index (χ1v) is 9.55. The average molecular weight is 327 g/mol. The molecular formula is C15H25N3O3S. The highest BCUT2D eigenvalue weighted by atomic mass is 32.2. The highest BCUT2D eigenvalue weighted by Gasteiger charge is 2.30. The zero-order valence-electron chi connectivity index (χ0n) is 13.5. The van der Waals surface area contributed by atoms with Crippen LogP contribution in [0.1, 0.15) is 39.5 Å². The molecule has 0 amide bonds. The van der Waals surface area contributed by atoms with E-state index in [9.17, 15) is 8.42 Å². The summed E-state index contributed by atoms with van der Waals surface area (Å²) < 4.78 is 28.2. The third-order valence-electron chi connectivity index (χ3n) is 4.25. The molecule has 0 saturated heterocycles. The van der Waals surface area contributed by atoms with E-state index in [-0.39, 0.29) is 6.54 Å². The van der Waals surface area contributed by atoms with Crippen LogP contribution in [0.2, 0.25) is 0 Å². The van der Waals surface area contributed by atoms with Gasteiger partial charge in [-0.05, 0) is 32.6 Å². The first kappa shape index (κ1) is 17.0. The summed E-state index contributed by atoms with van der Waals surface area (Å²) in [6.07, 6.45) is 9.38. The van der Waals surface area contributed by atoms with Crippen molar-refractivity contribution in [3.63, 3.8) is 0 Å². The largest absolute Gasteiger partial charge is 0.476 e. The third kappa shape index (κ3) is 4.56. The molecule has 1 saturated carbocycles. The topological polar surface area (TPSA) is 81.2 Å². The van der Waals surface area contributed by atoms with Gasteiger partial charge < -0.3 is 10.1 Å². The molecule has 0 atom stereocenters. The number of ether oxygens (including phenoxy) is 1. The number of nitrogens with zero attached hydrogens (tertiary/aromatic N) is 2. The van der Waals surface area contributed by atoms with Crippen molar-refractivity contribution in [3.05, 3.63) is 12.4 Å². The van der Waals surface area contributed by atoms with Crippen LogP contribution < -0.4 is 10.1 Å². The smallest absolute Gasteiger partial charge is 0.234 e. The lowest BCUT2D eigenvalue weighted by molar-refractivity contribution is 0.243.